The summed E-state index contributed by atoms with van der Waals surface area (Å²) in [6.45, 7) is 15.0. The van der Waals surface area contributed by atoms with Gasteiger partial charge in [-0.15, -0.1) is 10.2 Å². The molecule has 15 nitrogen and oxygen atoms in total. The molecule has 1 heterocycles. The Bertz CT molecular complexity index is 2350. The van der Waals surface area contributed by atoms with E-state index in [-0.39, 0.29) is 22.5 Å². The highest BCUT2D eigenvalue weighted by Gasteiger charge is 2.22. The lowest BCUT2D eigenvalue weighted by Crippen LogP contribution is -2.26. The van der Waals surface area contributed by atoms with Crippen molar-refractivity contribution in [1.29, 1.82) is 0 Å². The molecule has 4 aromatic rings. The minimum absolute atomic E-state index is 0.0154. The van der Waals surface area contributed by atoms with Crippen LogP contribution in [0, 0.1) is 0 Å². The first-order chi connectivity index (χ1) is 28.4. The van der Waals surface area contributed by atoms with Gasteiger partial charge >= 0.3 is 0 Å². The number of anilines is 7. The van der Waals surface area contributed by atoms with Gasteiger partial charge in [-0.1, -0.05) is 56.2 Å². The average Bonchev–Trinajstić information content (AvgIpc) is 3.22. The van der Waals surface area contributed by atoms with Gasteiger partial charge in [0.2, 0.25) is 11.9 Å². The summed E-state index contributed by atoms with van der Waals surface area (Å²) in [5.74, 6) is 1.72. The molecule has 5 rings (SSSR count). The minimum Gasteiger partial charge on any atom is -0.495 e. The van der Waals surface area contributed by atoms with Crippen LogP contribution >= 0.6 is 11.8 Å². The smallest absolute Gasteiger partial charge is 0.296 e. The Labute approximate surface area is 352 Å². The highest BCUT2D eigenvalue weighted by molar-refractivity contribution is 7.99. The average molecular weight is 847 g/mol. The van der Waals surface area contributed by atoms with Gasteiger partial charge in [0.1, 0.15) is 27.8 Å². The van der Waals surface area contributed by atoms with E-state index in [1.807, 2.05) is 38.1 Å². The molecule has 1 saturated carbocycles. The molecule has 17 heteroatoms. The normalized spacial score (nSPS) is 14.2. The van der Waals surface area contributed by atoms with Crippen LogP contribution in [0.1, 0.15) is 80.1 Å². The summed E-state index contributed by atoms with van der Waals surface area (Å²) in [4.78, 5) is 18.6. The molecule has 0 radical (unpaired) electrons. The maximum atomic E-state index is 12.6. The van der Waals surface area contributed by atoms with Crippen LogP contribution in [0.5, 0.6) is 11.5 Å². The first-order valence-electron chi connectivity index (χ1n) is 20.3. The lowest BCUT2D eigenvalue weighted by Gasteiger charge is -2.25. The quantitative estimate of drug-likeness (QED) is 0.0422. The van der Waals surface area contributed by atoms with Crippen molar-refractivity contribution in [3.05, 3.63) is 46.8 Å². The van der Waals surface area contributed by atoms with Crippen molar-refractivity contribution in [2.45, 2.75) is 95.4 Å². The Morgan fingerprint density at radius 2 is 1.42 bits per heavy atom. The molecule has 59 heavy (non-hydrogen) atoms. The van der Waals surface area contributed by atoms with Gasteiger partial charge in [0.25, 0.3) is 10.1 Å². The minimum atomic E-state index is -4.65. The largest absolute Gasteiger partial charge is 0.495 e. The summed E-state index contributed by atoms with van der Waals surface area (Å²) in [5.41, 5.74) is 10.1. The Kier molecular flexibility index (Phi) is 15.8. The molecule has 5 N–H and O–H groups in total. The van der Waals surface area contributed by atoms with Gasteiger partial charge in [-0.2, -0.15) is 23.4 Å². The molecule has 318 valence electrons. The van der Waals surface area contributed by atoms with Crippen molar-refractivity contribution in [2.24, 2.45) is 10.2 Å². The summed E-state index contributed by atoms with van der Waals surface area (Å²) >= 11 is 1.63. The van der Waals surface area contributed by atoms with Crippen LogP contribution < -0.4 is 46.1 Å². The molecule has 1 aliphatic rings. The highest BCUT2D eigenvalue weighted by atomic mass is 32.2. The number of ether oxygens (including phenoxy) is 2. The van der Waals surface area contributed by atoms with Gasteiger partial charge in [-0.3, -0.25) is 4.55 Å². The zero-order chi connectivity index (χ0) is 42.7. The predicted molar refractivity (Wildman–Crippen MR) is 241 cm³/mol. The van der Waals surface area contributed by atoms with Crippen molar-refractivity contribution in [1.82, 2.24) is 15.0 Å². The summed E-state index contributed by atoms with van der Waals surface area (Å²) < 4.78 is 47.1. The Morgan fingerprint density at radius 3 is 1.97 bits per heavy atom. The number of rotatable bonds is 18. The summed E-state index contributed by atoms with van der Waals surface area (Å²) in [7, 11) is -1.45. The van der Waals surface area contributed by atoms with E-state index in [2.05, 4.69) is 58.4 Å². The van der Waals surface area contributed by atoms with E-state index in [0.29, 0.717) is 69.4 Å². The van der Waals surface area contributed by atoms with E-state index in [4.69, 9.17) is 30.2 Å². The van der Waals surface area contributed by atoms with Crippen LogP contribution in [0.25, 0.3) is 12.2 Å². The molecule has 0 unspecified atom stereocenters. The second-order valence-electron chi connectivity index (χ2n) is 13.9. The number of nitrogens with two attached hydrogens (primary N) is 1. The molecule has 0 bridgehead atoms. The van der Waals surface area contributed by atoms with E-state index in [1.54, 1.807) is 44.2 Å². The van der Waals surface area contributed by atoms with Crippen LogP contribution in [0.15, 0.2) is 56.7 Å². The number of nitrogens with zero attached hydrogens (tertiary/aromatic N) is 7. The predicted octanol–water partition coefficient (Wildman–Crippen LogP) is 8.73. The fourth-order valence-electron chi connectivity index (χ4n) is 7.17. The zero-order valence-corrected chi connectivity index (χ0v) is 37.0. The van der Waals surface area contributed by atoms with Gasteiger partial charge in [-0.05, 0) is 77.3 Å². The maximum Gasteiger partial charge on any atom is 0.296 e. The molecule has 0 aliphatic heterocycles. The lowest BCUT2D eigenvalue weighted by molar-refractivity contribution is 0.414. The first-order valence-corrected chi connectivity index (χ1v) is 22.6. The van der Waals surface area contributed by atoms with Crippen molar-refractivity contribution in [3.8, 4) is 11.5 Å². The number of aromatic nitrogens is 3. The fourth-order valence-corrected chi connectivity index (χ4v) is 8.95. The molecule has 0 spiro atoms. The third-order valence-corrected chi connectivity index (χ3v) is 12.3. The molecule has 1 aromatic heterocycles. The van der Waals surface area contributed by atoms with Gasteiger partial charge in [0.15, 0.2) is 5.16 Å². The number of hydrogen-bond donors (Lipinski definition) is 4. The Hall–Kier alpha value is -5.13. The standard InChI is InChI=1S/C42H58N10O5S2/c1-9-18-29-27(10-2)21-22-38(59(53,54)55)39(29)50-49-33-26-37(57-8)35(52(13-5)14-6)25-32(33)45-41-46-40(47-42(48-41)58-28-19-16-15-17-20-28)44-31-24-34(51(11-3)12-4)36(56-7)23-30(31)43/h10,18,21-26,28H,9,11-17,19-20,43H2,1-8H3,(H,53,54,55)(H2,44,45,46,47,48)/b27-10-,29-18+,50-49?. The third kappa shape index (κ3) is 10.9. The van der Waals surface area contributed by atoms with E-state index in [1.165, 1.54) is 12.5 Å². The highest BCUT2D eigenvalue weighted by Crippen LogP contribution is 2.42. The maximum absolute atomic E-state index is 12.6. The molecule has 1 aliphatic carbocycles. The monoisotopic (exact) mass is 846 g/mol. The number of thioether (sulfide) groups is 1. The third-order valence-electron chi connectivity index (χ3n) is 10.3. The lowest BCUT2D eigenvalue weighted by atomic mass is 10.0. The van der Waals surface area contributed by atoms with Gasteiger partial charge < -0.3 is 35.6 Å². The topological polar surface area (TPSA) is 193 Å². The van der Waals surface area contributed by atoms with Crippen molar-refractivity contribution < 1.29 is 22.4 Å². The van der Waals surface area contributed by atoms with Gasteiger partial charge in [0.05, 0.1) is 42.7 Å². The van der Waals surface area contributed by atoms with Gasteiger partial charge in [-0.25, -0.2) is 0 Å². The summed E-state index contributed by atoms with van der Waals surface area (Å²) in [6, 6.07) is 10.3. The Balaban J connectivity index is 1.69. The fraction of sp³-hybridized carbons (Fsp3) is 0.452. The molecule has 1 fully saturated rings. The zero-order valence-electron chi connectivity index (χ0n) is 35.4. The molecule has 3 aromatic carbocycles. The SMILES string of the molecule is C/C=c1/ccc(S(=O)(=O)O)c(N=Nc2cc(OC)c(N(CC)CC)cc2Nc2nc(Nc3cc(N(CC)CC)c(OC)cc3N)nc(SC3CCCCC3)n2)/c1=C/CC. The van der Waals surface area contributed by atoms with Crippen molar-refractivity contribution >= 4 is 85.7 Å². The van der Waals surface area contributed by atoms with E-state index in [9.17, 15) is 13.0 Å². The van der Waals surface area contributed by atoms with E-state index < -0.39 is 10.1 Å². The number of methoxy groups -OCH3 is 2. The number of nitrogen functional groups attached to an aromatic ring is 1. The molecule has 0 atom stereocenters. The number of hydrogen-bond acceptors (Lipinski definition) is 15. The van der Waals surface area contributed by atoms with Crippen LogP contribution in [0.2, 0.25) is 0 Å². The molecule has 0 saturated heterocycles. The second kappa shape index (κ2) is 20.7. The van der Waals surface area contributed by atoms with Crippen LogP contribution in [-0.2, 0) is 10.1 Å². The molecule has 0 amide bonds. The van der Waals surface area contributed by atoms with Gasteiger partial charge in [0, 0.05) is 48.8 Å². The second-order valence-corrected chi connectivity index (χ2v) is 16.5. The summed E-state index contributed by atoms with van der Waals surface area (Å²) in [5, 5.41) is 18.1. The number of benzene rings is 3. The van der Waals surface area contributed by atoms with Crippen LogP contribution in [-0.4, -0.2) is 73.6 Å². The Morgan fingerprint density at radius 1 is 0.847 bits per heavy atom. The van der Waals surface area contributed by atoms with E-state index >= 15 is 0 Å². The first kappa shape index (κ1) is 45.0. The number of azo groups is 1. The van der Waals surface area contributed by atoms with Crippen LogP contribution in [0.3, 0.4) is 0 Å². The van der Waals surface area contributed by atoms with E-state index in [0.717, 1.165) is 55.4 Å². The summed E-state index contributed by atoms with van der Waals surface area (Å²) in [6.07, 6.45) is 9.95. The molecular formula is C42H58N10O5S2. The van der Waals surface area contributed by atoms with Crippen molar-refractivity contribution in [3.63, 3.8) is 0 Å². The van der Waals surface area contributed by atoms with Crippen molar-refractivity contribution in [2.75, 3.05) is 66.6 Å². The number of nitrogens with one attached hydrogen (secondary N) is 2. The molecular weight excluding hydrogens is 789 g/mol. The van der Waals surface area contributed by atoms with Crippen LogP contribution in [0.4, 0.5) is 51.7 Å².